The van der Waals surface area contributed by atoms with E-state index in [1.54, 1.807) is 12.3 Å². The summed E-state index contributed by atoms with van der Waals surface area (Å²) in [7, 11) is 0. The van der Waals surface area contributed by atoms with E-state index in [1.165, 1.54) is 13.8 Å². The zero-order chi connectivity index (χ0) is 20.1. The number of likely N-dealkylation sites (tertiary alicyclic amines) is 1. The number of piperidine rings is 1. The van der Waals surface area contributed by atoms with Gasteiger partial charge in [-0.3, -0.25) is 9.78 Å². The largest absolute Gasteiger partial charge is 0.478 e. The van der Waals surface area contributed by atoms with Crippen LogP contribution in [0.15, 0.2) is 48.7 Å². The second-order valence-electron chi connectivity index (χ2n) is 7.67. The molecule has 148 valence electrons. The van der Waals surface area contributed by atoms with Gasteiger partial charge in [0.2, 0.25) is 5.91 Å². The van der Waals surface area contributed by atoms with Crippen molar-refractivity contribution >= 4 is 11.9 Å². The Morgan fingerprint density at radius 3 is 2.79 bits per heavy atom. The first-order valence-corrected chi connectivity index (χ1v) is 9.55. The van der Waals surface area contributed by atoms with Crippen molar-refractivity contribution in [1.29, 1.82) is 0 Å². The molecule has 6 nitrogen and oxygen atoms in total. The van der Waals surface area contributed by atoms with Crippen molar-refractivity contribution in [2.75, 3.05) is 13.1 Å². The van der Waals surface area contributed by atoms with Gasteiger partial charge < -0.3 is 14.7 Å². The maximum absolute atomic E-state index is 12.7. The maximum Gasteiger partial charge on any atom is 0.347 e. The minimum Gasteiger partial charge on any atom is -0.478 e. The SMILES string of the molecule is CC(C)(Oc1cccc(C2CCCN(C(=O)Cc3ccccn3)C2)c1)C(=O)O. The highest BCUT2D eigenvalue weighted by molar-refractivity contribution is 5.78. The Morgan fingerprint density at radius 2 is 2.07 bits per heavy atom. The van der Waals surface area contributed by atoms with Gasteiger partial charge in [0, 0.05) is 30.9 Å². The van der Waals surface area contributed by atoms with Crippen molar-refractivity contribution in [3.63, 3.8) is 0 Å². The molecule has 1 fully saturated rings. The molecule has 2 heterocycles. The first-order valence-electron chi connectivity index (χ1n) is 9.55. The molecule has 1 aliphatic rings. The number of aromatic nitrogens is 1. The first kappa shape index (κ1) is 19.9. The van der Waals surface area contributed by atoms with Crippen LogP contribution in [0.2, 0.25) is 0 Å². The van der Waals surface area contributed by atoms with Crippen molar-refractivity contribution in [1.82, 2.24) is 9.88 Å². The second kappa shape index (κ2) is 8.42. The average Bonchev–Trinajstić information content (AvgIpc) is 2.68. The number of carbonyl (C=O) groups is 2. The van der Waals surface area contributed by atoms with Crippen LogP contribution in [0, 0.1) is 0 Å². The molecule has 6 heteroatoms. The van der Waals surface area contributed by atoms with Crippen LogP contribution in [-0.4, -0.2) is 45.6 Å². The Bertz CT molecular complexity index is 835. The molecule has 0 spiro atoms. The van der Waals surface area contributed by atoms with E-state index in [-0.39, 0.29) is 11.8 Å². The summed E-state index contributed by atoms with van der Waals surface area (Å²) >= 11 is 0. The third-order valence-electron chi connectivity index (χ3n) is 5.05. The number of carboxylic acid groups (broad SMARTS) is 1. The summed E-state index contributed by atoms with van der Waals surface area (Å²) in [4.78, 5) is 30.1. The third-order valence-corrected chi connectivity index (χ3v) is 5.05. The van der Waals surface area contributed by atoms with Crippen molar-refractivity contribution < 1.29 is 19.4 Å². The molecule has 1 unspecified atom stereocenters. The van der Waals surface area contributed by atoms with E-state index >= 15 is 0 Å². The predicted molar refractivity (Wildman–Crippen MR) is 105 cm³/mol. The van der Waals surface area contributed by atoms with Crippen LogP contribution < -0.4 is 4.74 Å². The Balaban J connectivity index is 1.68. The highest BCUT2D eigenvalue weighted by atomic mass is 16.5. The number of carboxylic acids is 1. The molecule has 1 saturated heterocycles. The molecule has 1 aromatic carbocycles. The number of rotatable bonds is 6. The molecule has 0 bridgehead atoms. The topological polar surface area (TPSA) is 79.7 Å². The van der Waals surface area contributed by atoms with Crippen LogP contribution in [0.4, 0.5) is 0 Å². The molecule has 1 atom stereocenters. The molecule has 0 saturated carbocycles. The lowest BCUT2D eigenvalue weighted by Gasteiger charge is -2.33. The van der Waals surface area contributed by atoms with E-state index in [1.807, 2.05) is 41.3 Å². The lowest BCUT2D eigenvalue weighted by Crippen LogP contribution is -2.40. The normalized spacial score (nSPS) is 17.2. The maximum atomic E-state index is 12.7. The predicted octanol–water partition coefficient (Wildman–Crippen LogP) is 3.27. The number of ether oxygens (including phenoxy) is 1. The quantitative estimate of drug-likeness (QED) is 0.829. The number of hydrogen-bond donors (Lipinski definition) is 1. The Labute approximate surface area is 165 Å². The monoisotopic (exact) mass is 382 g/mol. The summed E-state index contributed by atoms with van der Waals surface area (Å²) < 4.78 is 5.66. The summed E-state index contributed by atoms with van der Waals surface area (Å²) in [6, 6.07) is 13.1. The van der Waals surface area contributed by atoms with E-state index in [0.29, 0.717) is 18.7 Å². The minimum absolute atomic E-state index is 0.0859. The third kappa shape index (κ3) is 4.88. The lowest BCUT2D eigenvalue weighted by molar-refractivity contribution is -0.152. The van der Waals surface area contributed by atoms with Gasteiger partial charge in [-0.2, -0.15) is 0 Å². The summed E-state index contributed by atoms with van der Waals surface area (Å²) in [5.74, 6) is -0.190. The summed E-state index contributed by atoms with van der Waals surface area (Å²) in [5, 5.41) is 9.26. The molecular formula is C22H26N2O4. The van der Waals surface area contributed by atoms with Crippen LogP contribution in [0.1, 0.15) is 43.9 Å². The van der Waals surface area contributed by atoms with Gasteiger partial charge >= 0.3 is 5.97 Å². The van der Waals surface area contributed by atoms with Crippen LogP contribution in [-0.2, 0) is 16.0 Å². The van der Waals surface area contributed by atoms with Gasteiger partial charge in [0.25, 0.3) is 0 Å². The van der Waals surface area contributed by atoms with Crippen molar-refractivity contribution in [2.24, 2.45) is 0 Å². The van der Waals surface area contributed by atoms with Gasteiger partial charge in [-0.1, -0.05) is 18.2 Å². The van der Waals surface area contributed by atoms with Gasteiger partial charge in [0.05, 0.1) is 6.42 Å². The highest BCUT2D eigenvalue weighted by Gasteiger charge is 2.30. The van der Waals surface area contributed by atoms with Gasteiger partial charge in [-0.05, 0) is 56.5 Å². The lowest BCUT2D eigenvalue weighted by atomic mass is 9.90. The number of aliphatic carboxylic acids is 1. The smallest absolute Gasteiger partial charge is 0.347 e. The summed E-state index contributed by atoms with van der Waals surface area (Å²) in [6.07, 6.45) is 3.93. The fraction of sp³-hybridized carbons (Fsp3) is 0.409. The van der Waals surface area contributed by atoms with Crippen molar-refractivity contribution in [2.45, 2.75) is 44.6 Å². The van der Waals surface area contributed by atoms with Gasteiger partial charge in [-0.15, -0.1) is 0 Å². The summed E-state index contributed by atoms with van der Waals surface area (Å²) in [5.41, 5.74) is 0.547. The van der Waals surface area contributed by atoms with E-state index < -0.39 is 11.6 Å². The van der Waals surface area contributed by atoms with Crippen LogP contribution in [0.5, 0.6) is 5.75 Å². The van der Waals surface area contributed by atoms with E-state index in [9.17, 15) is 14.7 Å². The minimum atomic E-state index is -1.30. The fourth-order valence-electron chi connectivity index (χ4n) is 3.42. The van der Waals surface area contributed by atoms with Gasteiger partial charge in [0.15, 0.2) is 5.60 Å². The van der Waals surface area contributed by atoms with E-state index in [4.69, 9.17) is 4.74 Å². The zero-order valence-corrected chi connectivity index (χ0v) is 16.3. The molecular weight excluding hydrogens is 356 g/mol. The van der Waals surface area contributed by atoms with Crippen LogP contribution in [0.25, 0.3) is 0 Å². The molecule has 2 aromatic rings. The van der Waals surface area contributed by atoms with E-state index in [2.05, 4.69) is 4.98 Å². The number of carbonyl (C=O) groups excluding carboxylic acids is 1. The fourth-order valence-corrected chi connectivity index (χ4v) is 3.42. The number of amides is 1. The molecule has 1 amide bonds. The first-order chi connectivity index (χ1) is 13.3. The molecule has 0 radical (unpaired) electrons. The molecule has 3 rings (SSSR count). The van der Waals surface area contributed by atoms with Crippen molar-refractivity contribution in [3.05, 3.63) is 59.9 Å². The molecule has 28 heavy (non-hydrogen) atoms. The highest BCUT2D eigenvalue weighted by Crippen LogP contribution is 2.30. The Kier molecular flexibility index (Phi) is 5.97. The summed E-state index contributed by atoms with van der Waals surface area (Å²) in [6.45, 7) is 4.46. The molecule has 1 aliphatic heterocycles. The van der Waals surface area contributed by atoms with Crippen LogP contribution >= 0.6 is 0 Å². The average molecular weight is 382 g/mol. The van der Waals surface area contributed by atoms with Crippen LogP contribution in [0.3, 0.4) is 0 Å². The second-order valence-corrected chi connectivity index (χ2v) is 7.67. The Hall–Kier alpha value is -2.89. The standard InChI is InChI=1S/C22H26N2O4/c1-22(2,21(26)27)28-19-10-5-7-16(13-19)17-8-6-12-24(15-17)20(25)14-18-9-3-4-11-23-18/h3-5,7,9-11,13,17H,6,8,12,14-15H2,1-2H3,(H,26,27). The van der Waals surface area contributed by atoms with Gasteiger partial charge in [-0.25, -0.2) is 4.79 Å². The van der Waals surface area contributed by atoms with Crippen molar-refractivity contribution in [3.8, 4) is 5.75 Å². The number of hydrogen-bond acceptors (Lipinski definition) is 4. The van der Waals surface area contributed by atoms with E-state index in [0.717, 1.165) is 30.6 Å². The Morgan fingerprint density at radius 1 is 1.25 bits per heavy atom. The number of benzene rings is 1. The molecule has 1 aromatic heterocycles. The molecule has 1 N–H and O–H groups in total. The van der Waals surface area contributed by atoms with Gasteiger partial charge in [0.1, 0.15) is 5.75 Å². The number of pyridine rings is 1. The zero-order valence-electron chi connectivity index (χ0n) is 16.3. The number of nitrogens with zero attached hydrogens (tertiary/aromatic N) is 2. The molecule has 0 aliphatic carbocycles.